The molecule has 138 valence electrons. The average Bonchev–Trinajstić information content (AvgIpc) is 3.35. The highest BCUT2D eigenvalue weighted by molar-refractivity contribution is 7.22. The highest BCUT2D eigenvalue weighted by atomic mass is 32.1. The standard InChI is InChI=1S/C20H13FN4OS2/c1-26-16-4-2-11(6-14(16)21)18-8-13-19(22-9-23-20(13)28-18)25-12-3-5-17-15(7-12)24-10-27-17/h2-10H,1H3,(H,22,23,25). The van der Waals surface area contributed by atoms with Gasteiger partial charge in [0.2, 0.25) is 0 Å². The summed E-state index contributed by atoms with van der Waals surface area (Å²) < 4.78 is 20.2. The minimum atomic E-state index is -0.390. The number of thiophene rings is 1. The van der Waals surface area contributed by atoms with Crippen LogP contribution >= 0.6 is 22.7 Å². The number of methoxy groups -OCH3 is 1. The summed E-state index contributed by atoms with van der Waals surface area (Å²) >= 11 is 3.10. The summed E-state index contributed by atoms with van der Waals surface area (Å²) in [6.45, 7) is 0. The van der Waals surface area contributed by atoms with Gasteiger partial charge in [-0.3, -0.25) is 0 Å². The first-order valence-electron chi connectivity index (χ1n) is 8.40. The van der Waals surface area contributed by atoms with E-state index in [-0.39, 0.29) is 5.75 Å². The Morgan fingerprint density at radius 3 is 2.82 bits per heavy atom. The van der Waals surface area contributed by atoms with Crippen molar-refractivity contribution in [2.24, 2.45) is 0 Å². The van der Waals surface area contributed by atoms with Crippen molar-refractivity contribution in [3.63, 3.8) is 0 Å². The topological polar surface area (TPSA) is 59.9 Å². The maximum Gasteiger partial charge on any atom is 0.165 e. The molecule has 28 heavy (non-hydrogen) atoms. The third-order valence-electron chi connectivity index (χ3n) is 4.36. The Kier molecular flexibility index (Phi) is 4.14. The van der Waals surface area contributed by atoms with Gasteiger partial charge in [0.25, 0.3) is 0 Å². The number of halogens is 1. The average molecular weight is 408 g/mol. The molecule has 0 fully saturated rings. The van der Waals surface area contributed by atoms with Gasteiger partial charge in [-0.05, 0) is 48.0 Å². The van der Waals surface area contributed by atoms with Gasteiger partial charge >= 0.3 is 0 Å². The minimum Gasteiger partial charge on any atom is -0.494 e. The predicted molar refractivity (Wildman–Crippen MR) is 112 cm³/mol. The highest BCUT2D eigenvalue weighted by Gasteiger charge is 2.13. The van der Waals surface area contributed by atoms with Gasteiger partial charge in [0.1, 0.15) is 17.0 Å². The maximum absolute atomic E-state index is 14.1. The fourth-order valence-corrected chi connectivity index (χ4v) is 4.64. The maximum atomic E-state index is 14.1. The van der Waals surface area contributed by atoms with E-state index in [1.165, 1.54) is 30.8 Å². The molecular formula is C20H13FN4OS2. The van der Waals surface area contributed by atoms with Crippen LogP contribution in [0.3, 0.4) is 0 Å². The lowest BCUT2D eigenvalue weighted by Gasteiger charge is -2.06. The van der Waals surface area contributed by atoms with Crippen LogP contribution in [0.5, 0.6) is 5.75 Å². The van der Waals surface area contributed by atoms with E-state index in [1.54, 1.807) is 17.4 Å². The molecule has 5 rings (SSSR count). The SMILES string of the molecule is COc1ccc(-c2cc3c(Nc4ccc5scnc5c4)ncnc3s2)cc1F. The molecule has 0 unspecified atom stereocenters. The van der Waals surface area contributed by atoms with Crippen molar-refractivity contribution in [1.29, 1.82) is 0 Å². The van der Waals surface area contributed by atoms with Crippen molar-refractivity contribution in [1.82, 2.24) is 15.0 Å². The predicted octanol–water partition coefficient (Wildman–Crippen LogP) is 5.86. The molecule has 0 amide bonds. The molecule has 0 aliphatic rings. The van der Waals surface area contributed by atoms with Crippen LogP contribution in [0, 0.1) is 5.82 Å². The third kappa shape index (κ3) is 2.96. The summed E-state index contributed by atoms with van der Waals surface area (Å²) in [5.74, 6) is 0.541. The molecule has 5 aromatic rings. The Bertz CT molecular complexity index is 1310. The fourth-order valence-electron chi connectivity index (χ4n) is 2.99. The van der Waals surface area contributed by atoms with E-state index < -0.39 is 5.82 Å². The molecule has 0 saturated heterocycles. The number of anilines is 2. The number of rotatable bonds is 4. The van der Waals surface area contributed by atoms with Crippen LogP contribution in [0.1, 0.15) is 0 Å². The van der Waals surface area contributed by atoms with Crippen LogP contribution in [-0.2, 0) is 0 Å². The Labute approximate surface area is 167 Å². The van der Waals surface area contributed by atoms with Gasteiger partial charge in [-0.25, -0.2) is 19.3 Å². The second-order valence-electron chi connectivity index (χ2n) is 6.06. The molecule has 1 N–H and O–H groups in total. The summed E-state index contributed by atoms with van der Waals surface area (Å²) in [5.41, 5.74) is 4.45. The van der Waals surface area contributed by atoms with Gasteiger partial charge in [0, 0.05) is 10.6 Å². The number of fused-ring (bicyclic) bond motifs is 2. The molecule has 0 saturated carbocycles. The lowest BCUT2D eigenvalue weighted by atomic mass is 10.1. The Hall–Kier alpha value is -3.10. The molecule has 0 spiro atoms. The molecular weight excluding hydrogens is 395 g/mol. The summed E-state index contributed by atoms with van der Waals surface area (Å²) in [5, 5.41) is 4.24. The van der Waals surface area contributed by atoms with Gasteiger partial charge in [0.05, 0.1) is 28.2 Å². The molecule has 0 bridgehead atoms. The molecule has 3 aromatic heterocycles. The normalized spacial score (nSPS) is 11.2. The monoisotopic (exact) mass is 408 g/mol. The number of thiazole rings is 1. The first-order chi connectivity index (χ1) is 13.7. The highest BCUT2D eigenvalue weighted by Crippen LogP contribution is 2.37. The zero-order valence-electron chi connectivity index (χ0n) is 14.6. The molecule has 8 heteroatoms. The first-order valence-corrected chi connectivity index (χ1v) is 10.1. The molecule has 2 aromatic carbocycles. The van der Waals surface area contributed by atoms with Crippen LogP contribution < -0.4 is 10.1 Å². The van der Waals surface area contributed by atoms with Gasteiger partial charge in [-0.15, -0.1) is 22.7 Å². The number of benzene rings is 2. The van der Waals surface area contributed by atoms with E-state index in [2.05, 4.69) is 20.3 Å². The van der Waals surface area contributed by atoms with Gasteiger partial charge in [0.15, 0.2) is 11.6 Å². The lowest BCUT2D eigenvalue weighted by molar-refractivity contribution is 0.386. The number of ether oxygens (including phenoxy) is 1. The number of hydrogen-bond donors (Lipinski definition) is 1. The van der Waals surface area contributed by atoms with Crippen molar-refractivity contribution in [2.75, 3.05) is 12.4 Å². The smallest absolute Gasteiger partial charge is 0.165 e. The summed E-state index contributed by atoms with van der Waals surface area (Å²) in [6.07, 6.45) is 1.53. The van der Waals surface area contributed by atoms with E-state index in [1.807, 2.05) is 35.8 Å². The van der Waals surface area contributed by atoms with Gasteiger partial charge in [-0.2, -0.15) is 0 Å². The van der Waals surface area contributed by atoms with Gasteiger partial charge < -0.3 is 10.1 Å². The largest absolute Gasteiger partial charge is 0.494 e. The van der Waals surface area contributed by atoms with Crippen LogP contribution in [0.25, 0.3) is 30.9 Å². The minimum absolute atomic E-state index is 0.226. The molecule has 5 nitrogen and oxygen atoms in total. The fraction of sp³-hybridized carbons (Fsp3) is 0.0500. The van der Waals surface area contributed by atoms with E-state index in [9.17, 15) is 4.39 Å². The van der Waals surface area contributed by atoms with E-state index in [0.717, 1.165) is 36.6 Å². The van der Waals surface area contributed by atoms with Crippen LogP contribution in [0.2, 0.25) is 0 Å². The molecule has 0 aliphatic heterocycles. The van der Waals surface area contributed by atoms with Crippen LogP contribution in [0.4, 0.5) is 15.9 Å². The first kappa shape index (κ1) is 17.0. The second-order valence-corrected chi connectivity index (χ2v) is 7.98. The summed E-state index contributed by atoms with van der Waals surface area (Å²) in [4.78, 5) is 14.9. The van der Waals surface area contributed by atoms with E-state index in [0.29, 0.717) is 5.82 Å². The van der Waals surface area contributed by atoms with E-state index in [4.69, 9.17) is 4.74 Å². The van der Waals surface area contributed by atoms with Crippen molar-refractivity contribution in [3.05, 3.63) is 60.1 Å². The van der Waals surface area contributed by atoms with E-state index >= 15 is 0 Å². The number of nitrogens with one attached hydrogen (secondary N) is 1. The van der Waals surface area contributed by atoms with Crippen LogP contribution in [-0.4, -0.2) is 22.1 Å². The number of hydrogen-bond acceptors (Lipinski definition) is 7. The van der Waals surface area contributed by atoms with Crippen molar-refractivity contribution < 1.29 is 9.13 Å². The number of nitrogens with zero attached hydrogens (tertiary/aromatic N) is 3. The van der Waals surface area contributed by atoms with Gasteiger partial charge in [-0.1, -0.05) is 0 Å². The molecule has 0 radical (unpaired) electrons. The summed E-state index contributed by atoms with van der Waals surface area (Å²) in [6, 6.07) is 12.9. The molecule has 0 atom stereocenters. The zero-order valence-corrected chi connectivity index (χ0v) is 16.3. The van der Waals surface area contributed by atoms with Crippen molar-refractivity contribution in [2.45, 2.75) is 0 Å². The van der Waals surface area contributed by atoms with Crippen LogP contribution in [0.15, 0.2) is 54.3 Å². The Morgan fingerprint density at radius 2 is 1.96 bits per heavy atom. The van der Waals surface area contributed by atoms with Crippen molar-refractivity contribution in [3.8, 4) is 16.2 Å². The molecule has 3 heterocycles. The Balaban J connectivity index is 1.54. The third-order valence-corrected chi connectivity index (χ3v) is 6.26. The quantitative estimate of drug-likeness (QED) is 0.404. The molecule has 0 aliphatic carbocycles. The summed E-state index contributed by atoms with van der Waals surface area (Å²) in [7, 11) is 1.45. The second kappa shape index (κ2) is 6.81. The lowest BCUT2D eigenvalue weighted by Crippen LogP contribution is -1.94. The Morgan fingerprint density at radius 1 is 1.04 bits per heavy atom. The zero-order chi connectivity index (χ0) is 19.1. The number of aromatic nitrogens is 3. The van der Waals surface area contributed by atoms with Crippen molar-refractivity contribution >= 4 is 54.6 Å².